The number of H-pyrrole nitrogens is 1. The zero-order valence-electron chi connectivity index (χ0n) is 12.1. The van der Waals surface area contributed by atoms with Crippen LogP contribution in [-0.4, -0.2) is 19.5 Å². The number of nitrogens with one attached hydrogen (secondary N) is 2. The molecule has 5 heteroatoms. The first-order valence-corrected chi connectivity index (χ1v) is 7.50. The third kappa shape index (κ3) is 2.45. The van der Waals surface area contributed by atoms with Gasteiger partial charge in [-0.25, -0.2) is 9.97 Å². The summed E-state index contributed by atoms with van der Waals surface area (Å²) in [7, 11) is 0. The van der Waals surface area contributed by atoms with Gasteiger partial charge in [-0.05, 0) is 31.9 Å². The van der Waals surface area contributed by atoms with Crippen molar-refractivity contribution in [2.24, 2.45) is 0 Å². The molecular weight excluding hydrogens is 262 g/mol. The minimum atomic E-state index is 0.181. The number of aromatic nitrogens is 4. The summed E-state index contributed by atoms with van der Waals surface area (Å²) < 4.78 is 2.29. The fourth-order valence-corrected chi connectivity index (χ4v) is 2.68. The lowest BCUT2D eigenvalue weighted by Crippen LogP contribution is -2.20. The topological polar surface area (TPSA) is 58.5 Å². The van der Waals surface area contributed by atoms with Crippen LogP contribution in [0.2, 0.25) is 0 Å². The van der Waals surface area contributed by atoms with E-state index in [1.807, 2.05) is 30.7 Å². The van der Waals surface area contributed by atoms with Gasteiger partial charge >= 0.3 is 0 Å². The zero-order valence-corrected chi connectivity index (χ0v) is 12.1. The fourth-order valence-electron chi connectivity index (χ4n) is 2.68. The van der Waals surface area contributed by atoms with Crippen molar-refractivity contribution in [3.8, 4) is 0 Å². The Kier molecular flexibility index (Phi) is 3.00. The number of imidazole rings is 2. The Bertz CT molecular complexity index is 720. The second-order valence-corrected chi connectivity index (χ2v) is 5.77. The van der Waals surface area contributed by atoms with Gasteiger partial charge in [0.1, 0.15) is 5.82 Å². The maximum Gasteiger partial charge on any atom is 0.124 e. The van der Waals surface area contributed by atoms with E-state index < -0.39 is 0 Å². The Hall–Kier alpha value is -2.14. The van der Waals surface area contributed by atoms with Gasteiger partial charge in [-0.2, -0.15) is 0 Å². The van der Waals surface area contributed by atoms with Crippen LogP contribution in [0, 0.1) is 0 Å². The van der Waals surface area contributed by atoms with E-state index in [0.29, 0.717) is 6.04 Å². The number of rotatable bonds is 5. The molecule has 0 spiro atoms. The van der Waals surface area contributed by atoms with E-state index in [1.54, 1.807) is 0 Å². The van der Waals surface area contributed by atoms with Crippen molar-refractivity contribution in [2.45, 2.75) is 38.4 Å². The van der Waals surface area contributed by atoms with E-state index in [1.165, 1.54) is 18.5 Å². The molecule has 2 heterocycles. The number of hydrogen-bond acceptors (Lipinski definition) is 3. The molecule has 1 aromatic carbocycles. The molecule has 2 aromatic heterocycles. The molecule has 2 N–H and O–H groups in total. The molecule has 1 fully saturated rings. The number of fused-ring (bicyclic) bond motifs is 1. The predicted molar refractivity (Wildman–Crippen MR) is 81.8 cm³/mol. The van der Waals surface area contributed by atoms with Crippen LogP contribution >= 0.6 is 0 Å². The Morgan fingerprint density at radius 2 is 2.24 bits per heavy atom. The lowest BCUT2D eigenvalue weighted by atomic mass is 10.3. The van der Waals surface area contributed by atoms with Crippen LogP contribution in [0.25, 0.3) is 11.0 Å². The summed E-state index contributed by atoms with van der Waals surface area (Å²) >= 11 is 0. The van der Waals surface area contributed by atoms with Crippen LogP contribution in [-0.2, 0) is 6.54 Å². The quantitative estimate of drug-likeness (QED) is 0.756. The minimum absolute atomic E-state index is 0.181. The van der Waals surface area contributed by atoms with Crippen molar-refractivity contribution in [1.82, 2.24) is 24.8 Å². The van der Waals surface area contributed by atoms with Crippen molar-refractivity contribution in [1.29, 1.82) is 0 Å². The fraction of sp³-hybridized carbons (Fsp3) is 0.375. The molecule has 0 amide bonds. The molecule has 0 bridgehead atoms. The normalized spacial score (nSPS) is 16.4. The summed E-state index contributed by atoms with van der Waals surface area (Å²) in [4.78, 5) is 12.3. The maximum absolute atomic E-state index is 4.64. The maximum atomic E-state index is 4.64. The molecule has 4 rings (SSSR count). The molecule has 1 saturated carbocycles. The van der Waals surface area contributed by atoms with E-state index in [4.69, 9.17) is 0 Å². The summed E-state index contributed by atoms with van der Waals surface area (Å²) in [6.07, 6.45) is 6.46. The lowest BCUT2D eigenvalue weighted by molar-refractivity contribution is 0.530. The van der Waals surface area contributed by atoms with Crippen LogP contribution in [0.3, 0.4) is 0 Å². The summed E-state index contributed by atoms with van der Waals surface area (Å²) in [5.41, 5.74) is 3.36. The van der Waals surface area contributed by atoms with Gasteiger partial charge in [0, 0.05) is 18.8 Å². The molecule has 1 aliphatic rings. The highest BCUT2D eigenvalue weighted by atomic mass is 15.1. The van der Waals surface area contributed by atoms with Crippen molar-refractivity contribution < 1.29 is 0 Å². The van der Waals surface area contributed by atoms with Crippen LogP contribution in [0.5, 0.6) is 0 Å². The monoisotopic (exact) mass is 281 g/mol. The van der Waals surface area contributed by atoms with E-state index in [2.05, 4.69) is 37.8 Å². The third-order valence-corrected chi connectivity index (χ3v) is 4.09. The van der Waals surface area contributed by atoms with E-state index >= 15 is 0 Å². The molecule has 108 valence electrons. The number of hydrogen-bond donors (Lipinski definition) is 2. The van der Waals surface area contributed by atoms with E-state index in [9.17, 15) is 0 Å². The van der Waals surface area contributed by atoms with Gasteiger partial charge in [-0.15, -0.1) is 0 Å². The number of para-hydroxylation sites is 2. The largest absolute Gasteiger partial charge is 0.341 e. The molecule has 21 heavy (non-hydrogen) atoms. The van der Waals surface area contributed by atoms with Crippen LogP contribution in [0.1, 0.15) is 43.4 Å². The number of aromatic amines is 1. The molecule has 1 atom stereocenters. The predicted octanol–water partition coefficient (Wildman–Crippen LogP) is 2.95. The van der Waals surface area contributed by atoms with Crippen molar-refractivity contribution in [3.05, 3.63) is 48.3 Å². The zero-order chi connectivity index (χ0) is 14.2. The molecule has 1 aliphatic carbocycles. The van der Waals surface area contributed by atoms with E-state index in [0.717, 1.165) is 23.4 Å². The Balaban J connectivity index is 1.47. The molecule has 5 nitrogen and oxygen atoms in total. The first kappa shape index (κ1) is 12.6. The van der Waals surface area contributed by atoms with Gasteiger partial charge in [0.05, 0.1) is 29.1 Å². The Morgan fingerprint density at radius 1 is 1.38 bits per heavy atom. The second kappa shape index (κ2) is 5.00. The second-order valence-electron chi connectivity index (χ2n) is 5.77. The molecule has 0 saturated heterocycles. The van der Waals surface area contributed by atoms with Crippen molar-refractivity contribution in [3.63, 3.8) is 0 Å². The highest BCUT2D eigenvalue weighted by molar-refractivity contribution is 5.74. The van der Waals surface area contributed by atoms with Crippen LogP contribution in [0.15, 0.2) is 36.8 Å². The van der Waals surface area contributed by atoms with Crippen LogP contribution < -0.4 is 5.32 Å². The lowest BCUT2D eigenvalue weighted by Gasteiger charge is -2.12. The molecule has 0 aliphatic heterocycles. The Labute approximate surface area is 123 Å². The molecule has 0 radical (unpaired) electrons. The third-order valence-electron chi connectivity index (χ3n) is 4.09. The molecule has 1 unspecified atom stereocenters. The summed E-state index contributed by atoms with van der Waals surface area (Å²) in [6, 6.07) is 8.98. The summed E-state index contributed by atoms with van der Waals surface area (Å²) in [5, 5.41) is 3.53. The van der Waals surface area contributed by atoms with Gasteiger partial charge in [0.2, 0.25) is 0 Å². The van der Waals surface area contributed by atoms with E-state index in [-0.39, 0.29) is 6.04 Å². The molecular formula is C16H19N5. The number of nitrogens with zero attached hydrogens (tertiary/aromatic N) is 3. The minimum Gasteiger partial charge on any atom is -0.341 e. The van der Waals surface area contributed by atoms with Crippen molar-refractivity contribution >= 4 is 11.0 Å². The first-order chi connectivity index (χ1) is 10.3. The summed E-state index contributed by atoms with van der Waals surface area (Å²) in [5.74, 6) is 0.980. The van der Waals surface area contributed by atoms with Gasteiger partial charge in [0.25, 0.3) is 0 Å². The highest BCUT2D eigenvalue weighted by Crippen LogP contribution is 2.35. The van der Waals surface area contributed by atoms with Crippen LogP contribution in [0.4, 0.5) is 0 Å². The van der Waals surface area contributed by atoms with Gasteiger partial charge in [-0.3, -0.25) is 0 Å². The number of benzene rings is 1. The van der Waals surface area contributed by atoms with Crippen molar-refractivity contribution in [2.75, 3.05) is 0 Å². The standard InChI is InChI=1S/C16H19N5/c1-11(16-19-14-4-2-3-5-15(14)20-16)18-9-13-8-17-10-21(13)12-6-7-12/h2-5,8,10-12,18H,6-7,9H2,1H3,(H,19,20). The van der Waals surface area contributed by atoms with Gasteiger partial charge in [-0.1, -0.05) is 12.1 Å². The average molecular weight is 281 g/mol. The van der Waals surface area contributed by atoms with Gasteiger partial charge < -0.3 is 14.9 Å². The average Bonchev–Trinajstić information content (AvgIpc) is 3.09. The highest BCUT2D eigenvalue weighted by Gasteiger charge is 2.25. The Morgan fingerprint density at radius 3 is 3.05 bits per heavy atom. The summed E-state index contributed by atoms with van der Waals surface area (Å²) in [6.45, 7) is 2.95. The molecule has 3 aromatic rings. The SMILES string of the molecule is CC(NCc1cncn1C1CC1)c1nc2ccccc2[nH]1. The van der Waals surface area contributed by atoms with Gasteiger partial charge in [0.15, 0.2) is 0 Å². The smallest absolute Gasteiger partial charge is 0.124 e. The first-order valence-electron chi connectivity index (χ1n) is 7.50.